The van der Waals surface area contributed by atoms with Gasteiger partial charge in [0.2, 0.25) is 0 Å². The number of anilines is 1. The molecule has 0 aliphatic carbocycles. The van der Waals surface area contributed by atoms with Gasteiger partial charge in [-0.05, 0) is 32.8 Å². The van der Waals surface area contributed by atoms with Gasteiger partial charge in [-0.25, -0.2) is 0 Å². The number of rotatable bonds is 10. The number of phenolic OH excluding ortho intramolecular Hbond substituents is 3. The predicted octanol–water partition coefficient (Wildman–Crippen LogP) is 6.99. The number of ketones is 1. The molecule has 2 aromatic carbocycles. The molecule has 5 rings (SSSR count). The summed E-state index contributed by atoms with van der Waals surface area (Å²) < 4.78 is 23.7. The van der Waals surface area contributed by atoms with Crippen LogP contribution in [0.25, 0.3) is 10.8 Å². The summed E-state index contributed by atoms with van der Waals surface area (Å²) in [7, 11) is 1.44. The Kier molecular flexibility index (Phi) is 16.4. The fourth-order valence-electron chi connectivity index (χ4n) is 7.92. The smallest absolute Gasteiger partial charge is 0.312 e. The van der Waals surface area contributed by atoms with Crippen LogP contribution in [0.1, 0.15) is 109 Å². The molecule has 6 N–H and O–H groups in total. The number of fused-ring (bicyclic) bond motifs is 14. The average molecular weight is 852 g/mol. The molecule has 0 spiro atoms. The molecule has 1 amide bonds. The standard InChI is InChI=1S/C46H65N3O12/c1-12-14-20-49(21-15-13-2)47-23-31-36-41(55)34-33(40(31)54)35-43(29(8)39(34)53)61-46(10,44(35)56)59-22-19-32(58-11)26(5)42(60-30(9)50)28(7)38(52)27(6)37(51)24(3)17-16-18-25(4)45(57)48-36/h16-19,22-24,26-28,32,37-38,42,51-55H,12-15,20-21H2,1-11H3,(H,48,57)/t24-,26-,27+,28+,32-,37+,38+,42-,46-/m0/s1. The van der Waals surface area contributed by atoms with Gasteiger partial charge in [0.15, 0.2) is 5.75 Å². The Labute approximate surface area is 358 Å². The second kappa shape index (κ2) is 20.6. The number of aromatic hydroxyl groups is 3. The quantitative estimate of drug-likeness (QED) is 0.0468. The second-order valence-corrected chi connectivity index (χ2v) is 16.5. The van der Waals surface area contributed by atoms with E-state index in [0.717, 1.165) is 25.7 Å². The van der Waals surface area contributed by atoms with Gasteiger partial charge in [-0.1, -0.05) is 72.6 Å². The predicted molar refractivity (Wildman–Crippen MR) is 233 cm³/mol. The van der Waals surface area contributed by atoms with Crippen molar-refractivity contribution in [2.45, 2.75) is 125 Å². The molecule has 0 fully saturated rings. The van der Waals surface area contributed by atoms with Crippen LogP contribution in [0, 0.1) is 30.6 Å². The Morgan fingerprint density at radius 2 is 1.57 bits per heavy atom. The Morgan fingerprint density at radius 3 is 2.16 bits per heavy atom. The van der Waals surface area contributed by atoms with E-state index < -0.39 is 88.8 Å². The molecule has 61 heavy (non-hydrogen) atoms. The van der Waals surface area contributed by atoms with E-state index in [1.807, 2.05) is 5.01 Å². The number of aliphatic hydroxyl groups excluding tert-OH is 2. The summed E-state index contributed by atoms with van der Waals surface area (Å²) in [4.78, 5) is 40.7. The first kappa shape index (κ1) is 48.5. The van der Waals surface area contributed by atoms with Crippen molar-refractivity contribution in [3.05, 3.63) is 52.8 Å². The average Bonchev–Trinajstić information content (AvgIpc) is 3.49. The maximum absolute atomic E-state index is 14.5. The van der Waals surface area contributed by atoms with E-state index in [2.05, 4.69) is 24.3 Å². The van der Waals surface area contributed by atoms with Gasteiger partial charge in [-0.3, -0.25) is 19.4 Å². The SMILES string of the molecule is CCCCN(CCCC)N=Cc1c2c(O)c3c(O)c(C)c4c(c3c1O)C(=O)[C@@](C)(OC=C[C@H](OC)[C@H](C)[C@H](OC(C)=O)[C@H](C)[C@H](O)[C@H](C)[C@H](O)[C@@H](C)C=CC=C(C)C(=O)N2)O4. The van der Waals surface area contributed by atoms with E-state index >= 15 is 0 Å². The zero-order valence-electron chi connectivity index (χ0n) is 37.3. The molecule has 0 saturated carbocycles. The molecule has 5 bridgehead atoms. The molecule has 336 valence electrons. The van der Waals surface area contributed by atoms with Crippen molar-refractivity contribution in [2.75, 3.05) is 25.5 Å². The molecular weight excluding hydrogens is 787 g/mol. The van der Waals surface area contributed by atoms with Crippen molar-refractivity contribution < 1.29 is 58.9 Å². The number of nitrogens with one attached hydrogen (secondary N) is 1. The fraction of sp³-hybridized carbons (Fsp3) is 0.565. The van der Waals surface area contributed by atoms with Crippen LogP contribution in [0.3, 0.4) is 0 Å². The van der Waals surface area contributed by atoms with Crippen molar-refractivity contribution >= 4 is 40.3 Å². The molecule has 0 unspecified atom stereocenters. The molecule has 0 radical (unpaired) electrons. The van der Waals surface area contributed by atoms with E-state index in [4.69, 9.17) is 18.9 Å². The number of aliphatic hydroxyl groups is 2. The maximum Gasteiger partial charge on any atom is 0.312 e. The van der Waals surface area contributed by atoms with Crippen LogP contribution in [0.15, 0.2) is 41.2 Å². The summed E-state index contributed by atoms with van der Waals surface area (Å²) in [5.74, 6) is -8.32. The van der Waals surface area contributed by atoms with Gasteiger partial charge in [0.1, 0.15) is 23.4 Å². The van der Waals surface area contributed by atoms with Crippen molar-refractivity contribution in [1.82, 2.24) is 5.01 Å². The molecule has 3 aliphatic heterocycles. The Bertz CT molecular complexity index is 2050. The lowest BCUT2D eigenvalue weighted by atomic mass is 9.78. The van der Waals surface area contributed by atoms with Gasteiger partial charge >= 0.3 is 11.8 Å². The number of Topliss-reactive ketones (excluding diaryl/α,β-unsaturated/α-hetero) is 1. The van der Waals surface area contributed by atoms with Crippen molar-refractivity contribution in [2.24, 2.45) is 28.8 Å². The monoisotopic (exact) mass is 851 g/mol. The fourth-order valence-corrected chi connectivity index (χ4v) is 7.92. The highest BCUT2D eigenvalue weighted by molar-refractivity contribution is 6.23. The van der Waals surface area contributed by atoms with Crippen LogP contribution in [0.2, 0.25) is 0 Å². The number of amides is 1. The minimum Gasteiger partial charge on any atom is -0.507 e. The highest BCUT2D eigenvalue weighted by atomic mass is 16.7. The number of hydrogen-bond donors (Lipinski definition) is 6. The van der Waals surface area contributed by atoms with Crippen LogP contribution in [0.5, 0.6) is 23.0 Å². The first-order valence-corrected chi connectivity index (χ1v) is 21.1. The summed E-state index contributed by atoms with van der Waals surface area (Å²) in [5.41, 5.74) is -0.326. The van der Waals surface area contributed by atoms with Crippen molar-refractivity contribution in [1.29, 1.82) is 0 Å². The van der Waals surface area contributed by atoms with E-state index in [0.29, 0.717) is 13.1 Å². The summed E-state index contributed by atoms with van der Waals surface area (Å²) in [5, 5.41) is 67.3. The van der Waals surface area contributed by atoms with Crippen LogP contribution in [-0.2, 0) is 23.8 Å². The lowest BCUT2D eigenvalue weighted by molar-refractivity contribution is -0.160. The summed E-state index contributed by atoms with van der Waals surface area (Å²) in [6.45, 7) is 17.9. The third-order valence-electron chi connectivity index (χ3n) is 11.9. The summed E-state index contributed by atoms with van der Waals surface area (Å²) in [6, 6.07) is 0. The largest absolute Gasteiger partial charge is 0.507 e. The van der Waals surface area contributed by atoms with Crippen molar-refractivity contribution in [3.8, 4) is 23.0 Å². The lowest BCUT2D eigenvalue weighted by Crippen LogP contribution is -2.46. The number of carbonyl (C=O) groups excluding carboxylic acids is 3. The number of hydrazone groups is 1. The summed E-state index contributed by atoms with van der Waals surface area (Å²) >= 11 is 0. The van der Waals surface area contributed by atoms with E-state index in [1.54, 1.807) is 39.8 Å². The molecule has 9 atom stereocenters. The number of hydrogen-bond acceptors (Lipinski definition) is 14. The van der Waals surface area contributed by atoms with Crippen LogP contribution < -0.4 is 10.1 Å². The number of methoxy groups -OCH3 is 1. The molecule has 15 nitrogen and oxygen atoms in total. The zero-order chi connectivity index (χ0) is 45.5. The number of allylic oxidation sites excluding steroid dienone is 2. The maximum atomic E-state index is 14.5. The van der Waals surface area contributed by atoms with E-state index in [9.17, 15) is 39.9 Å². The number of ether oxygens (including phenoxy) is 4. The van der Waals surface area contributed by atoms with Gasteiger partial charge in [-0.15, -0.1) is 0 Å². The first-order valence-electron chi connectivity index (χ1n) is 21.1. The highest BCUT2D eigenvalue weighted by Gasteiger charge is 2.50. The van der Waals surface area contributed by atoms with E-state index in [1.165, 1.54) is 59.4 Å². The van der Waals surface area contributed by atoms with Crippen molar-refractivity contribution in [3.63, 3.8) is 0 Å². The molecule has 15 heteroatoms. The zero-order valence-corrected chi connectivity index (χ0v) is 37.3. The first-order chi connectivity index (χ1) is 28.8. The highest BCUT2D eigenvalue weighted by Crippen LogP contribution is 2.55. The second-order valence-electron chi connectivity index (χ2n) is 16.5. The Hall–Kier alpha value is -5.12. The molecule has 3 aliphatic rings. The molecule has 2 aromatic rings. The number of phenols is 3. The molecule has 3 heterocycles. The third-order valence-corrected chi connectivity index (χ3v) is 11.9. The van der Waals surface area contributed by atoms with Crippen LogP contribution >= 0.6 is 0 Å². The Morgan fingerprint density at radius 1 is 0.934 bits per heavy atom. The normalized spacial score (nSPS) is 27.6. The van der Waals surface area contributed by atoms with Gasteiger partial charge in [0.25, 0.3) is 11.7 Å². The summed E-state index contributed by atoms with van der Waals surface area (Å²) in [6.07, 6.45) is 8.39. The van der Waals surface area contributed by atoms with Gasteiger partial charge < -0.3 is 49.8 Å². The number of benzene rings is 2. The van der Waals surface area contributed by atoms with Gasteiger partial charge in [0.05, 0.1) is 53.0 Å². The number of esters is 1. The number of nitrogens with zero attached hydrogens (tertiary/aromatic N) is 2. The third kappa shape index (κ3) is 10.3. The Balaban J connectivity index is 1.99. The number of unbranched alkanes of at least 4 members (excludes halogenated alkanes) is 2. The minimum atomic E-state index is -2.05. The number of carbonyl (C=O) groups is 3. The van der Waals surface area contributed by atoms with Gasteiger partial charge in [0, 0.05) is 74.2 Å². The molecule has 0 saturated heterocycles. The minimum absolute atomic E-state index is 0.0586. The van der Waals surface area contributed by atoms with Gasteiger partial charge in [-0.2, -0.15) is 5.10 Å². The lowest BCUT2D eigenvalue weighted by Gasteiger charge is -2.38. The molecular formula is C46H65N3O12. The van der Waals surface area contributed by atoms with Crippen LogP contribution in [0.4, 0.5) is 5.69 Å². The molecule has 0 aromatic heterocycles. The topological polar surface area (TPSA) is 217 Å². The van der Waals surface area contributed by atoms with E-state index in [-0.39, 0.29) is 44.5 Å². The van der Waals surface area contributed by atoms with Crippen LogP contribution in [-0.4, -0.2) is 105 Å².